The standard InChI is InChI=1S/C15H30N4/c1-13-6-18(11-14-7-16(2)8-14)4-5-19(13)12-15-9-17(3)10-15/h13-15H,4-12H2,1-3H3. The van der Waals surface area contributed by atoms with E-state index in [-0.39, 0.29) is 0 Å². The molecule has 19 heavy (non-hydrogen) atoms. The highest BCUT2D eigenvalue weighted by Gasteiger charge is 2.32. The molecule has 0 spiro atoms. The lowest BCUT2D eigenvalue weighted by Crippen LogP contribution is -2.58. The Morgan fingerprint density at radius 1 is 0.789 bits per heavy atom. The molecule has 1 atom stereocenters. The fraction of sp³-hybridized carbons (Fsp3) is 1.00. The Morgan fingerprint density at radius 3 is 1.89 bits per heavy atom. The fourth-order valence-corrected chi connectivity index (χ4v) is 4.09. The zero-order chi connectivity index (χ0) is 13.4. The van der Waals surface area contributed by atoms with Crippen molar-refractivity contribution < 1.29 is 0 Å². The fourth-order valence-electron chi connectivity index (χ4n) is 4.09. The van der Waals surface area contributed by atoms with Crippen molar-refractivity contribution in [2.45, 2.75) is 13.0 Å². The maximum atomic E-state index is 2.72. The van der Waals surface area contributed by atoms with Crippen molar-refractivity contribution in [3.8, 4) is 0 Å². The smallest absolute Gasteiger partial charge is 0.0195 e. The van der Waals surface area contributed by atoms with Gasteiger partial charge in [-0.1, -0.05) is 0 Å². The molecule has 110 valence electrons. The van der Waals surface area contributed by atoms with Gasteiger partial charge in [-0.05, 0) is 32.9 Å². The predicted octanol–water partition coefficient (Wildman–Crippen LogP) is 0.116. The molecule has 3 fully saturated rings. The van der Waals surface area contributed by atoms with Crippen LogP contribution in [0.4, 0.5) is 0 Å². The van der Waals surface area contributed by atoms with E-state index in [9.17, 15) is 0 Å². The molecule has 1 unspecified atom stereocenters. The first-order chi connectivity index (χ1) is 9.10. The third kappa shape index (κ3) is 3.30. The largest absolute Gasteiger partial charge is 0.306 e. The monoisotopic (exact) mass is 266 g/mol. The Balaban J connectivity index is 1.38. The van der Waals surface area contributed by atoms with Gasteiger partial charge in [0.05, 0.1) is 0 Å². The maximum absolute atomic E-state index is 2.72. The Morgan fingerprint density at radius 2 is 1.37 bits per heavy atom. The van der Waals surface area contributed by atoms with E-state index >= 15 is 0 Å². The molecule has 0 amide bonds. The van der Waals surface area contributed by atoms with E-state index in [2.05, 4.69) is 40.6 Å². The van der Waals surface area contributed by atoms with Crippen LogP contribution in [0.15, 0.2) is 0 Å². The van der Waals surface area contributed by atoms with Crippen LogP contribution in [0.5, 0.6) is 0 Å². The maximum Gasteiger partial charge on any atom is 0.0195 e. The molecule has 0 bridgehead atoms. The lowest BCUT2D eigenvalue weighted by Gasteiger charge is -2.47. The van der Waals surface area contributed by atoms with Crippen molar-refractivity contribution in [1.82, 2.24) is 19.6 Å². The summed E-state index contributed by atoms with van der Waals surface area (Å²) in [5, 5.41) is 0. The average molecular weight is 266 g/mol. The van der Waals surface area contributed by atoms with Crippen LogP contribution in [-0.2, 0) is 0 Å². The third-order valence-corrected chi connectivity index (χ3v) is 5.14. The first-order valence-corrected chi connectivity index (χ1v) is 7.93. The summed E-state index contributed by atoms with van der Waals surface area (Å²) < 4.78 is 0. The second-order valence-electron chi connectivity index (χ2n) is 7.28. The van der Waals surface area contributed by atoms with Gasteiger partial charge >= 0.3 is 0 Å². The van der Waals surface area contributed by atoms with Crippen molar-refractivity contribution in [1.29, 1.82) is 0 Å². The van der Waals surface area contributed by atoms with Crippen LogP contribution in [0.25, 0.3) is 0 Å². The summed E-state index contributed by atoms with van der Waals surface area (Å²) in [7, 11) is 4.46. The molecule has 3 aliphatic heterocycles. The molecule has 0 aromatic heterocycles. The Hall–Kier alpha value is -0.160. The van der Waals surface area contributed by atoms with E-state index in [4.69, 9.17) is 0 Å². The Labute approximate surface area is 118 Å². The second kappa shape index (κ2) is 5.68. The van der Waals surface area contributed by atoms with Crippen LogP contribution < -0.4 is 0 Å². The van der Waals surface area contributed by atoms with E-state index in [1.165, 1.54) is 58.9 Å². The molecular formula is C15H30N4. The summed E-state index contributed by atoms with van der Waals surface area (Å²) in [6.07, 6.45) is 0. The lowest BCUT2D eigenvalue weighted by atomic mass is 9.97. The highest BCUT2D eigenvalue weighted by atomic mass is 15.3. The van der Waals surface area contributed by atoms with Crippen molar-refractivity contribution in [2.75, 3.05) is 73.0 Å². The molecule has 0 radical (unpaired) electrons. The van der Waals surface area contributed by atoms with Crippen LogP contribution in [-0.4, -0.2) is 98.6 Å². The van der Waals surface area contributed by atoms with E-state index in [0.29, 0.717) is 0 Å². The van der Waals surface area contributed by atoms with E-state index < -0.39 is 0 Å². The van der Waals surface area contributed by atoms with Crippen molar-refractivity contribution >= 4 is 0 Å². The minimum Gasteiger partial charge on any atom is -0.306 e. The number of piperazine rings is 1. The van der Waals surface area contributed by atoms with Crippen LogP contribution in [0.3, 0.4) is 0 Å². The number of hydrogen-bond acceptors (Lipinski definition) is 4. The van der Waals surface area contributed by atoms with Crippen molar-refractivity contribution in [2.24, 2.45) is 11.8 Å². The van der Waals surface area contributed by atoms with Crippen molar-refractivity contribution in [3.63, 3.8) is 0 Å². The van der Waals surface area contributed by atoms with E-state index in [0.717, 1.165) is 17.9 Å². The molecule has 4 nitrogen and oxygen atoms in total. The van der Waals surface area contributed by atoms with Crippen molar-refractivity contribution in [3.05, 3.63) is 0 Å². The Kier molecular flexibility index (Phi) is 4.13. The van der Waals surface area contributed by atoms with Gasteiger partial charge in [-0.2, -0.15) is 0 Å². The SMILES string of the molecule is CC1CN(CC2CN(C)C2)CCN1CC1CN(C)C1. The molecule has 3 aliphatic rings. The molecule has 0 aromatic carbocycles. The Bertz CT molecular complexity index is 297. The van der Waals surface area contributed by atoms with Gasteiger partial charge in [0.2, 0.25) is 0 Å². The number of hydrogen-bond donors (Lipinski definition) is 0. The van der Waals surface area contributed by atoms with Gasteiger partial charge in [0.15, 0.2) is 0 Å². The minimum atomic E-state index is 0.748. The summed E-state index contributed by atoms with van der Waals surface area (Å²) in [5.41, 5.74) is 0. The summed E-state index contributed by atoms with van der Waals surface area (Å²) >= 11 is 0. The molecule has 3 rings (SSSR count). The summed E-state index contributed by atoms with van der Waals surface area (Å²) in [5.74, 6) is 1.86. The van der Waals surface area contributed by atoms with Crippen LogP contribution >= 0.6 is 0 Å². The molecular weight excluding hydrogens is 236 g/mol. The van der Waals surface area contributed by atoms with Crippen LogP contribution in [0.1, 0.15) is 6.92 Å². The van der Waals surface area contributed by atoms with Gasteiger partial charge in [-0.3, -0.25) is 4.90 Å². The molecule has 4 heteroatoms. The quantitative estimate of drug-likeness (QED) is 0.716. The number of nitrogens with zero attached hydrogens (tertiary/aromatic N) is 4. The van der Waals surface area contributed by atoms with E-state index in [1.807, 2.05) is 0 Å². The molecule has 0 N–H and O–H groups in total. The van der Waals surface area contributed by atoms with Gasteiger partial charge in [0.25, 0.3) is 0 Å². The van der Waals surface area contributed by atoms with Gasteiger partial charge in [-0.25, -0.2) is 0 Å². The molecule has 3 heterocycles. The zero-order valence-electron chi connectivity index (χ0n) is 12.9. The van der Waals surface area contributed by atoms with Gasteiger partial charge in [0, 0.05) is 64.9 Å². The third-order valence-electron chi connectivity index (χ3n) is 5.14. The predicted molar refractivity (Wildman–Crippen MR) is 79.4 cm³/mol. The minimum absolute atomic E-state index is 0.748. The second-order valence-corrected chi connectivity index (χ2v) is 7.28. The summed E-state index contributed by atoms with van der Waals surface area (Å²) in [4.78, 5) is 10.3. The van der Waals surface area contributed by atoms with Gasteiger partial charge in [0.1, 0.15) is 0 Å². The highest BCUT2D eigenvalue weighted by Crippen LogP contribution is 2.20. The first-order valence-electron chi connectivity index (χ1n) is 7.93. The number of rotatable bonds is 4. The van der Waals surface area contributed by atoms with Crippen LogP contribution in [0, 0.1) is 11.8 Å². The summed E-state index contributed by atoms with van der Waals surface area (Å²) in [6, 6.07) is 0.748. The zero-order valence-corrected chi connectivity index (χ0v) is 12.9. The van der Waals surface area contributed by atoms with Crippen LogP contribution in [0.2, 0.25) is 0 Å². The lowest BCUT2D eigenvalue weighted by molar-refractivity contribution is 0.0146. The number of likely N-dealkylation sites (tertiary alicyclic amines) is 2. The van der Waals surface area contributed by atoms with Gasteiger partial charge in [-0.15, -0.1) is 0 Å². The summed E-state index contributed by atoms with van der Waals surface area (Å²) in [6.45, 7) is 14.1. The molecule has 0 saturated carbocycles. The highest BCUT2D eigenvalue weighted by molar-refractivity contribution is 4.87. The average Bonchev–Trinajstić information content (AvgIpc) is 2.28. The topological polar surface area (TPSA) is 13.0 Å². The van der Waals surface area contributed by atoms with E-state index in [1.54, 1.807) is 0 Å². The first kappa shape index (κ1) is 13.8. The molecule has 0 aromatic rings. The molecule has 3 saturated heterocycles. The normalized spacial score (nSPS) is 33.3. The molecule has 0 aliphatic carbocycles. The van der Waals surface area contributed by atoms with Gasteiger partial charge < -0.3 is 14.7 Å².